The van der Waals surface area contributed by atoms with E-state index >= 15 is 0 Å². The molecule has 0 bridgehead atoms. The van der Waals surface area contributed by atoms with E-state index in [0.717, 1.165) is 12.5 Å². The highest BCUT2D eigenvalue weighted by molar-refractivity contribution is 4.87. The van der Waals surface area contributed by atoms with Gasteiger partial charge in [0.05, 0.1) is 6.10 Å². The first-order chi connectivity index (χ1) is 8.56. The molecule has 0 aromatic rings. The van der Waals surface area contributed by atoms with Crippen LogP contribution in [0.5, 0.6) is 0 Å². The first-order valence-corrected chi connectivity index (χ1v) is 7.62. The number of piperidine rings is 1. The highest BCUT2D eigenvalue weighted by Crippen LogP contribution is 2.23. The quantitative estimate of drug-likeness (QED) is 0.835. The standard InChI is InChI=1S/C15H30N2O/c1-11(2)15-9-13(6-8-18-15)16-14-5-7-17(4)10-12(14)3/h11-16H,5-10H2,1-4H3. The van der Waals surface area contributed by atoms with Crippen LogP contribution in [0.15, 0.2) is 0 Å². The lowest BCUT2D eigenvalue weighted by molar-refractivity contribution is -0.0282. The lowest BCUT2D eigenvalue weighted by Crippen LogP contribution is -2.52. The second kappa shape index (κ2) is 6.36. The third kappa shape index (κ3) is 3.69. The Morgan fingerprint density at radius 1 is 1.28 bits per heavy atom. The molecule has 0 spiro atoms. The average Bonchev–Trinajstić information content (AvgIpc) is 2.33. The third-order valence-corrected chi connectivity index (χ3v) is 4.62. The molecule has 4 atom stereocenters. The number of ether oxygens (including phenoxy) is 1. The van der Waals surface area contributed by atoms with Crippen LogP contribution in [0.25, 0.3) is 0 Å². The molecule has 0 amide bonds. The predicted molar refractivity (Wildman–Crippen MR) is 75.8 cm³/mol. The summed E-state index contributed by atoms with van der Waals surface area (Å²) < 4.78 is 5.85. The van der Waals surface area contributed by atoms with Gasteiger partial charge in [-0.25, -0.2) is 0 Å². The number of nitrogens with zero attached hydrogens (tertiary/aromatic N) is 1. The van der Waals surface area contributed by atoms with E-state index in [1.807, 2.05) is 0 Å². The minimum Gasteiger partial charge on any atom is -0.378 e. The molecule has 2 aliphatic rings. The molecule has 106 valence electrons. The smallest absolute Gasteiger partial charge is 0.0612 e. The van der Waals surface area contributed by atoms with Gasteiger partial charge >= 0.3 is 0 Å². The van der Waals surface area contributed by atoms with Crippen LogP contribution in [-0.2, 0) is 4.74 Å². The van der Waals surface area contributed by atoms with Crippen LogP contribution in [0.1, 0.15) is 40.0 Å². The van der Waals surface area contributed by atoms with Crippen molar-refractivity contribution in [1.82, 2.24) is 10.2 Å². The lowest BCUT2D eigenvalue weighted by atomic mass is 9.90. The molecule has 2 heterocycles. The lowest BCUT2D eigenvalue weighted by Gasteiger charge is -2.40. The van der Waals surface area contributed by atoms with Crippen molar-refractivity contribution >= 4 is 0 Å². The third-order valence-electron chi connectivity index (χ3n) is 4.62. The monoisotopic (exact) mass is 254 g/mol. The molecule has 2 fully saturated rings. The van der Waals surface area contributed by atoms with E-state index in [9.17, 15) is 0 Å². The van der Waals surface area contributed by atoms with Crippen LogP contribution in [0.3, 0.4) is 0 Å². The molecule has 2 saturated heterocycles. The van der Waals surface area contributed by atoms with Crippen molar-refractivity contribution in [2.24, 2.45) is 11.8 Å². The minimum absolute atomic E-state index is 0.456. The van der Waals surface area contributed by atoms with E-state index in [1.165, 1.54) is 32.4 Å². The van der Waals surface area contributed by atoms with E-state index in [4.69, 9.17) is 4.74 Å². The number of hydrogen-bond donors (Lipinski definition) is 1. The Labute approximate surface area is 112 Å². The van der Waals surface area contributed by atoms with Crippen molar-refractivity contribution in [2.45, 2.75) is 58.2 Å². The predicted octanol–water partition coefficient (Wildman–Crippen LogP) is 2.12. The van der Waals surface area contributed by atoms with Gasteiger partial charge in [0.2, 0.25) is 0 Å². The van der Waals surface area contributed by atoms with Gasteiger partial charge in [0, 0.05) is 25.2 Å². The number of rotatable bonds is 3. The summed E-state index contributed by atoms with van der Waals surface area (Å²) in [6.45, 7) is 10.3. The fourth-order valence-electron chi connectivity index (χ4n) is 3.35. The molecular weight excluding hydrogens is 224 g/mol. The van der Waals surface area contributed by atoms with Crippen molar-refractivity contribution in [3.63, 3.8) is 0 Å². The van der Waals surface area contributed by atoms with Gasteiger partial charge in [-0.05, 0) is 44.7 Å². The second-order valence-electron chi connectivity index (χ2n) is 6.68. The van der Waals surface area contributed by atoms with Crippen LogP contribution in [-0.4, -0.2) is 49.8 Å². The zero-order valence-corrected chi connectivity index (χ0v) is 12.5. The highest BCUT2D eigenvalue weighted by Gasteiger charge is 2.30. The van der Waals surface area contributed by atoms with Crippen molar-refractivity contribution < 1.29 is 4.74 Å². The van der Waals surface area contributed by atoms with Gasteiger partial charge in [-0.15, -0.1) is 0 Å². The van der Waals surface area contributed by atoms with Crippen molar-refractivity contribution in [2.75, 3.05) is 26.7 Å². The Bertz CT molecular complexity index is 257. The molecule has 0 aliphatic carbocycles. The first kappa shape index (κ1) is 14.3. The van der Waals surface area contributed by atoms with Gasteiger partial charge in [-0.3, -0.25) is 0 Å². The molecule has 4 unspecified atom stereocenters. The Hall–Kier alpha value is -0.120. The topological polar surface area (TPSA) is 24.5 Å². The normalized spacial score (nSPS) is 39.2. The molecule has 3 heteroatoms. The number of likely N-dealkylation sites (tertiary alicyclic amines) is 1. The summed E-state index contributed by atoms with van der Waals surface area (Å²) in [5.41, 5.74) is 0. The van der Waals surface area contributed by atoms with Gasteiger partial charge < -0.3 is 15.0 Å². The van der Waals surface area contributed by atoms with Gasteiger partial charge in [0.25, 0.3) is 0 Å². The maximum Gasteiger partial charge on any atom is 0.0612 e. The number of nitrogens with one attached hydrogen (secondary N) is 1. The second-order valence-corrected chi connectivity index (χ2v) is 6.68. The van der Waals surface area contributed by atoms with Gasteiger partial charge in [-0.2, -0.15) is 0 Å². The molecule has 2 aliphatic heterocycles. The molecule has 18 heavy (non-hydrogen) atoms. The number of hydrogen-bond acceptors (Lipinski definition) is 3. The molecule has 2 rings (SSSR count). The Morgan fingerprint density at radius 3 is 2.72 bits per heavy atom. The molecule has 0 radical (unpaired) electrons. The van der Waals surface area contributed by atoms with Crippen LogP contribution in [0.4, 0.5) is 0 Å². The van der Waals surface area contributed by atoms with Crippen molar-refractivity contribution in [3.05, 3.63) is 0 Å². The Morgan fingerprint density at radius 2 is 2.06 bits per heavy atom. The van der Waals surface area contributed by atoms with Crippen LogP contribution in [0, 0.1) is 11.8 Å². The molecule has 1 N–H and O–H groups in total. The van der Waals surface area contributed by atoms with E-state index in [1.54, 1.807) is 0 Å². The largest absolute Gasteiger partial charge is 0.378 e. The Balaban J connectivity index is 1.81. The van der Waals surface area contributed by atoms with Gasteiger partial charge in [0.15, 0.2) is 0 Å². The maximum atomic E-state index is 5.85. The minimum atomic E-state index is 0.456. The highest BCUT2D eigenvalue weighted by atomic mass is 16.5. The molecular formula is C15H30N2O. The van der Waals surface area contributed by atoms with E-state index in [2.05, 4.69) is 38.0 Å². The zero-order chi connectivity index (χ0) is 13.1. The molecule has 0 saturated carbocycles. The summed E-state index contributed by atoms with van der Waals surface area (Å²) in [5.74, 6) is 1.41. The van der Waals surface area contributed by atoms with Crippen LogP contribution >= 0.6 is 0 Å². The summed E-state index contributed by atoms with van der Waals surface area (Å²) in [5, 5.41) is 3.91. The Kier molecular flexibility index (Phi) is 5.05. The van der Waals surface area contributed by atoms with Gasteiger partial charge in [0.1, 0.15) is 0 Å². The summed E-state index contributed by atoms with van der Waals surface area (Å²) >= 11 is 0. The van der Waals surface area contributed by atoms with E-state index < -0.39 is 0 Å². The van der Waals surface area contributed by atoms with E-state index in [0.29, 0.717) is 24.1 Å². The summed E-state index contributed by atoms with van der Waals surface area (Å²) in [7, 11) is 2.23. The fraction of sp³-hybridized carbons (Fsp3) is 1.00. The van der Waals surface area contributed by atoms with Crippen LogP contribution in [0.2, 0.25) is 0 Å². The maximum absolute atomic E-state index is 5.85. The SMILES string of the molecule is CC(C)C1CC(NC2CCN(C)CC2C)CCO1. The molecule has 3 nitrogen and oxygen atoms in total. The molecule has 0 aromatic carbocycles. The van der Waals surface area contributed by atoms with Crippen molar-refractivity contribution in [3.8, 4) is 0 Å². The summed E-state index contributed by atoms with van der Waals surface area (Å²) in [6.07, 6.45) is 4.12. The van der Waals surface area contributed by atoms with Gasteiger partial charge in [-0.1, -0.05) is 20.8 Å². The first-order valence-electron chi connectivity index (χ1n) is 7.62. The molecule has 0 aromatic heterocycles. The van der Waals surface area contributed by atoms with E-state index in [-0.39, 0.29) is 0 Å². The average molecular weight is 254 g/mol. The fourth-order valence-corrected chi connectivity index (χ4v) is 3.35. The summed E-state index contributed by atoms with van der Waals surface area (Å²) in [6, 6.07) is 1.37. The summed E-state index contributed by atoms with van der Waals surface area (Å²) in [4.78, 5) is 2.45. The zero-order valence-electron chi connectivity index (χ0n) is 12.5. The van der Waals surface area contributed by atoms with Crippen LogP contribution < -0.4 is 5.32 Å². The van der Waals surface area contributed by atoms with Crippen molar-refractivity contribution in [1.29, 1.82) is 0 Å².